The van der Waals surface area contributed by atoms with Crippen molar-refractivity contribution in [3.63, 3.8) is 0 Å². The van der Waals surface area contributed by atoms with Gasteiger partial charge >= 0.3 is 0 Å². The molecular formula is C21H16FN5O5. The van der Waals surface area contributed by atoms with Crippen LogP contribution in [0.2, 0.25) is 0 Å². The first kappa shape index (κ1) is 19.5. The van der Waals surface area contributed by atoms with E-state index in [1.54, 1.807) is 18.2 Å². The number of halogens is 1. The smallest absolute Gasteiger partial charge is 0.258 e. The van der Waals surface area contributed by atoms with Crippen molar-refractivity contribution in [2.45, 2.75) is 12.3 Å². The fraction of sp³-hybridized carbons (Fsp3) is 0.143. The molecule has 3 heterocycles. The number of aromatic nitrogens is 2. The van der Waals surface area contributed by atoms with Gasteiger partial charge in [0.2, 0.25) is 24.6 Å². The Hall–Kier alpha value is -4.41. The first-order valence-electron chi connectivity index (χ1n) is 9.63. The highest BCUT2D eigenvalue weighted by molar-refractivity contribution is 6.04. The molecule has 3 aromatic rings. The second-order valence-electron chi connectivity index (χ2n) is 7.17. The Bertz CT molecular complexity index is 1290. The normalized spacial score (nSPS) is 16.2. The van der Waals surface area contributed by atoms with Crippen molar-refractivity contribution in [2.75, 3.05) is 22.7 Å². The van der Waals surface area contributed by atoms with Gasteiger partial charge in [-0.15, -0.1) is 0 Å². The van der Waals surface area contributed by atoms with Gasteiger partial charge < -0.3 is 25.4 Å². The number of aromatic amines is 1. The third kappa shape index (κ3) is 3.71. The van der Waals surface area contributed by atoms with Crippen LogP contribution in [0.5, 0.6) is 11.5 Å². The van der Waals surface area contributed by atoms with Crippen LogP contribution in [0.15, 0.2) is 47.3 Å². The van der Waals surface area contributed by atoms with Crippen molar-refractivity contribution in [1.29, 1.82) is 0 Å². The number of nitrogens with one attached hydrogen (secondary N) is 4. The van der Waals surface area contributed by atoms with Crippen LogP contribution < -0.4 is 31.0 Å². The minimum absolute atomic E-state index is 0.0135. The number of H-pyrrole nitrogens is 1. The highest BCUT2D eigenvalue weighted by atomic mass is 19.1. The first-order valence-corrected chi connectivity index (χ1v) is 9.63. The van der Waals surface area contributed by atoms with Crippen molar-refractivity contribution >= 4 is 35.0 Å². The number of amides is 2. The Labute approximate surface area is 179 Å². The van der Waals surface area contributed by atoms with Gasteiger partial charge in [0, 0.05) is 23.9 Å². The van der Waals surface area contributed by atoms with Crippen molar-refractivity contribution in [3.05, 3.63) is 64.2 Å². The molecule has 5 rings (SSSR count). The van der Waals surface area contributed by atoms with Gasteiger partial charge in [-0.1, -0.05) is 0 Å². The van der Waals surface area contributed by atoms with Crippen LogP contribution in [-0.4, -0.2) is 28.6 Å². The van der Waals surface area contributed by atoms with Gasteiger partial charge in [0.15, 0.2) is 11.5 Å². The molecule has 0 radical (unpaired) electrons. The molecule has 11 heteroatoms. The quantitative estimate of drug-likeness (QED) is 0.492. The largest absolute Gasteiger partial charge is 0.454 e. The van der Waals surface area contributed by atoms with Gasteiger partial charge in [0.05, 0.1) is 11.5 Å². The second kappa shape index (κ2) is 7.69. The molecule has 162 valence electrons. The Morgan fingerprint density at radius 2 is 1.81 bits per heavy atom. The molecule has 2 aliphatic heterocycles. The molecule has 2 amide bonds. The third-order valence-corrected chi connectivity index (χ3v) is 5.01. The third-order valence-electron chi connectivity index (χ3n) is 5.01. The number of anilines is 4. The van der Waals surface area contributed by atoms with Gasteiger partial charge in [-0.2, -0.15) is 4.98 Å². The summed E-state index contributed by atoms with van der Waals surface area (Å²) in [4.78, 5) is 44.7. The van der Waals surface area contributed by atoms with E-state index < -0.39 is 29.1 Å². The molecular weight excluding hydrogens is 421 g/mol. The van der Waals surface area contributed by atoms with Gasteiger partial charge in [0.1, 0.15) is 11.6 Å². The number of nitrogens with zero attached hydrogens (tertiary/aromatic N) is 1. The predicted octanol–water partition coefficient (Wildman–Crippen LogP) is 2.45. The van der Waals surface area contributed by atoms with Crippen LogP contribution in [0, 0.1) is 5.82 Å². The lowest BCUT2D eigenvalue weighted by molar-refractivity contribution is -0.123. The molecule has 2 aromatic carbocycles. The predicted molar refractivity (Wildman–Crippen MR) is 112 cm³/mol. The maximum absolute atomic E-state index is 13.1. The topological polar surface area (TPSA) is 134 Å². The Balaban J connectivity index is 1.42. The number of carbonyl (C=O) groups is 2. The fourth-order valence-corrected chi connectivity index (χ4v) is 3.53. The van der Waals surface area contributed by atoms with Crippen molar-refractivity contribution in [3.8, 4) is 11.5 Å². The van der Waals surface area contributed by atoms with Gasteiger partial charge in [-0.25, -0.2) is 4.39 Å². The summed E-state index contributed by atoms with van der Waals surface area (Å²) in [6, 6.07) is 10.3. The zero-order chi connectivity index (χ0) is 22.2. The van der Waals surface area contributed by atoms with Gasteiger partial charge in [-0.05, 0) is 36.4 Å². The number of rotatable bonds is 4. The van der Waals surface area contributed by atoms with Crippen molar-refractivity contribution < 1.29 is 23.5 Å². The van der Waals surface area contributed by atoms with E-state index in [1.165, 1.54) is 24.3 Å². The van der Waals surface area contributed by atoms with Gasteiger partial charge in [-0.3, -0.25) is 19.4 Å². The van der Waals surface area contributed by atoms with Gasteiger partial charge in [0.25, 0.3) is 5.56 Å². The zero-order valence-electron chi connectivity index (χ0n) is 16.4. The SMILES string of the molecule is O=C1CC(C(=O)Nc2ccc3c(c2)OCO3)c2c(nc(Nc3ccc(F)cc3)[nH]c2=O)N1. The van der Waals surface area contributed by atoms with E-state index in [0.29, 0.717) is 22.9 Å². The molecule has 2 aliphatic rings. The molecule has 0 spiro atoms. The number of carbonyl (C=O) groups excluding carboxylic acids is 2. The van der Waals surface area contributed by atoms with Crippen LogP contribution in [0.1, 0.15) is 17.9 Å². The molecule has 0 bridgehead atoms. The van der Waals surface area contributed by atoms with E-state index in [2.05, 4.69) is 25.9 Å². The number of ether oxygens (including phenoxy) is 2. The number of hydrogen-bond acceptors (Lipinski definition) is 7. The Morgan fingerprint density at radius 1 is 1.06 bits per heavy atom. The summed E-state index contributed by atoms with van der Waals surface area (Å²) in [5.74, 6) is -1.36. The molecule has 0 aliphatic carbocycles. The van der Waals surface area contributed by atoms with E-state index in [1.807, 2.05) is 0 Å². The zero-order valence-corrected chi connectivity index (χ0v) is 16.4. The summed E-state index contributed by atoms with van der Waals surface area (Å²) >= 11 is 0. The molecule has 1 aromatic heterocycles. The molecule has 1 atom stereocenters. The molecule has 0 saturated heterocycles. The highest BCUT2D eigenvalue weighted by Crippen LogP contribution is 2.35. The lowest BCUT2D eigenvalue weighted by Gasteiger charge is -2.23. The fourth-order valence-electron chi connectivity index (χ4n) is 3.53. The lowest BCUT2D eigenvalue weighted by atomic mass is 9.92. The summed E-state index contributed by atoms with van der Waals surface area (Å²) in [5.41, 5.74) is 0.387. The average molecular weight is 437 g/mol. The summed E-state index contributed by atoms with van der Waals surface area (Å²) in [7, 11) is 0. The van der Waals surface area contributed by atoms with E-state index in [4.69, 9.17) is 9.47 Å². The molecule has 1 unspecified atom stereocenters. The molecule has 10 nitrogen and oxygen atoms in total. The van der Waals surface area contributed by atoms with E-state index in [0.717, 1.165) is 0 Å². The minimum Gasteiger partial charge on any atom is -0.454 e. The van der Waals surface area contributed by atoms with Crippen molar-refractivity contribution in [1.82, 2.24) is 9.97 Å². The monoisotopic (exact) mass is 437 g/mol. The number of hydrogen-bond donors (Lipinski definition) is 4. The van der Waals surface area contributed by atoms with Crippen LogP contribution in [-0.2, 0) is 9.59 Å². The Kier molecular flexibility index (Phi) is 4.70. The van der Waals surface area contributed by atoms with E-state index in [9.17, 15) is 18.8 Å². The summed E-state index contributed by atoms with van der Waals surface area (Å²) in [6.45, 7) is 0.0955. The van der Waals surface area contributed by atoms with E-state index >= 15 is 0 Å². The summed E-state index contributed by atoms with van der Waals surface area (Å²) < 4.78 is 23.6. The summed E-state index contributed by atoms with van der Waals surface area (Å²) in [5, 5.41) is 8.07. The van der Waals surface area contributed by atoms with Crippen LogP contribution in [0.25, 0.3) is 0 Å². The highest BCUT2D eigenvalue weighted by Gasteiger charge is 2.35. The number of benzene rings is 2. The first-order chi connectivity index (χ1) is 15.5. The Morgan fingerprint density at radius 3 is 2.62 bits per heavy atom. The average Bonchev–Trinajstić information content (AvgIpc) is 3.22. The van der Waals surface area contributed by atoms with E-state index in [-0.39, 0.29) is 30.5 Å². The maximum Gasteiger partial charge on any atom is 0.258 e. The minimum atomic E-state index is -1.04. The number of fused-ring (bicyclic) bond motifs is 2. The van der Waals surface area contributed by atoms with Crippen LogP contribution in [0.3, 0.4) is 0 Å². The summed E-state index contributed by atoms with van der Waals surface area (Å²) in [6.07, 6.45) is -0.209. The standard InChI is InChI=1S/C21H16FN5O5/c22-10-1-3-11(4-2-10)24-21-26-18-17(20(30)27-21)13(8-16(28)25-18)19(29)23-12-5-6-14-15(7-12)32-9-31-14/h1-7,13H,8-9H2,(H,23,29)(H3,24,25,26,27,28,30). The molecule has 4 N–H and O–H groups in total. The van der Waals surface area contributed by atoms with Crippen LogP contribution >= 0.6 is 0 Å². The van der Waals surface area contributed by atoms with Crippen LogP contribution in [0.4, 0.5) is 27.5 Å². The second-order valence-corrected chi connectivity index (χ2v) is 7.17. The molecule has 32 heavy (non-hydrogen) atoms. The molecule has 0 saturated carbocycles. The molecule has 0 fully saturated rings. The maximum atomic E-state index is 13.1. The van der Waals surface area contributed by atoms with Crippen molar-refractivity contribution in [2.24, 2.45) is 0 Å². The lowest BCUT2D eigenvalue weighted by Crippen LogP contribution is -2.36.